The Balaban J connectivity index is 1.97. The summed E-state index contributed by atoms with van der Waals surface area (Å²) in [5, 5.41) is 6.87. The largest absolute Gasteiger partial charge is 0.349 e. The molecule has 2 fully saturated rings. The third-order valence-corrected chi connectivity index (χ3v) is 3.98. The molecular weight excluding hydrogens is 200 g/mol. The van der Waals surface area contributed by atoms with Crippen molar-refractivity contribution in [2.75, 3.05) is 6.54 Å². The average Bonchev–Trinajstić information content (AvgIpc) is 2.58. The van der Waals surface area contributed by atoms with Gasteiger partial charge in [-0.25, -0.2) is 0 Å². The first kappa shape index (κ1) is 11.9. The quantitative estimate of drug-likeness (QED) is 0.768. The summed E-state index contributed by atoms with van der Waals surface area (Å²) in [6, 6.07) is 0.525. The lowest BCUT2D eigenvalue weighted by Gasteiger charge is -2.40. The van der Waals surface area contributed by atoms with E-state index < -0.39 is 0 Å². The number of carbonyl (C=O) groups excluding carboxylic acids is 1. The van der Waals surface area contributed by atoms with Crippen molar-refractivity contribution in [1.29, 1.82) is 0 Å². The number of nitrogens with one attached hydrogen (secondary N) is 2. The molecule has 2 aliphatic rings. The van der Waals surface area contributed by atoms with Crippen LogP contribution in [-0.4, -0.2) is 24.0 Å². The molecule has 3 heteroatoms. The highest BCUT2D eigenvalue weighted by Gasteiger charge is 2.44. The lowest BCUT2D eigenvalue weighted by molar-refractivity contribution is -0.124. The zero-order valence-corrected chi connectivity index (χ0v) is 10.5. The smallest absolute Gasteiger partial charge is 0.220 e. The second-order valence-corrected chi connectivity index (χ2v) is 5.80. The van der Waals surface area contributed by atoms with Gasteiger partial charge in [0.05, 0.1) is 5.54 Å². The molecule has 2 unspecified atom stereocenters. The summed E-state index contributed by atoms with van der Waals surface area (Å²) in [6.45, 7) is 5.26. The molecule has 0 aromatic rings. The Morgan fingerprint density at radius 3 is 3.00 bits per heavy atom. The van der Waals surface area contributed by atoms with Crippen LogP contribution in [0.1, 0.15) is 52.4 Å². The normalized spacial score (nSPS) is 33.8. The molecule has 0 aromatic heterocycles. The Labute approximate surface area is 98.4 Å². The Hall–Kier alpha value is -0.570. The molecule has 1 saturated carbocycles. The van der Waals surface area contributed by atoms with Crippen LogP contribution in [0.3, 0.4) is 0 Å². The lowest BCUT2D eigenvalue weighted by Crippen LogP contribution is -2.57. The fourth-order valence-electron chi connectivity index (χ4n) is 3.22. The third-order valence-electron chi connectivity index (χ3n) is 3.98. The van der Waals surface area contributed by atoms with Crippen molar-refractivity contribution in [2.24, 2.45) is 5.92 Å². The number of amides is 1. The SMILES string of the molecule is CC(C)CC(=O)NC12CCCCC1NCC2. The molecule has 16 heavy (non-hydrogen) atoms. The Morgan fingerprint density at radius 2 is 2.25 bits per heavy atom. The first-order valence-electron chi connectivity index (χ1n) is 6.67. The van der Waals surface area contributed by atoms with Crippen LogP contribution < -0.4 is 10.6 Å². The number of hydrogen-bond acceptors (Lipinski definition) is 2. The molecule has 1 aliphatic heterocycles. The maximum absolute atomic E-state index is 11.9. The van der Waals surface area contributed by atoms with Gasteiger partial charge >= 0.3 is 0 Å². The summed E-state index contributed by atoms with van der Waals surface area (Å²) in [5.41, 5.74) is 0.0875. The highest BCUT2D eigenvalue weighted by molar-refractivity contribution is 5.77. The monoisotopic (exact) mass is 224 g/mol. The standard InChI is InChI=1S/C13H24N2O/c1-10(2)9-12(16)15-13-6-4-3-5-11(13)14-8-7-13/h10-11,14H,3-9H2,1-2H3,(H,15,16). The van der Waals surface area contributed by atoms with Gasteiger partial charge in [0.1, 0.15) is 0 Å². The van der Waals surface area contributed by atoms with Crippen molar-refractivity contribution in [1.82, 2.24) is 10.6 Å². The van der Waals surface area contributed by atoms with Gasteiger partial charge in [-0.3, -0.25) is 4.79 Å². The van der Waals surface area contributed by atoms with Crippen LogP contribution in [0.4, 0.5) is 0 Å². The van der Waals surface area contributed by atoms with Crippen LogP contribution in [0.2, 0.25) is 0 Å². The first-order chi connectivity index (χ1) is 7.62. The molecule has 2 N–H and O–H groups in total. The van der Waals surface area contributed by atoms with Gasteiger partial charge in [-0.15, -0.1) is 0 Å². The van der Waals surface area contributed by atoms with E-state index >= 15 is 0 Å². The van der Waals surface area contributed by atoms with Crippen LogP contribution >= 0.6 is 0 Å². The number of hydrogen-bond donors (Lipinski definition) is 2. The van der Waals surface area contributed by atoms with E-state index in [-0.39, 0.29) is 11.4 Å². The Morgan fingerprint density at radius 1 is 1.44 bits per heavy atom. The number of fused-ring (bicyclic) bond motifs is 1. The highest BCUT2D eigenvalue weighted by atomic mass is 16.1. The van der Waals surface area contributed by atoms with Crippen LogP contribution in [0.5, 0.6) is 0 Å². The van der Waals surface area contributed by atoms with E-state index in [1.165, 1.54) is 19.3 Å². The highest BCUT2D eigenvalue weighted by Crippen LogP contribution is 2.35. The molecule has 0 spiro atoms. The minimum Gasteiger partial charge on any atom is -0.349 e. The minimum atomic E-state index is 0.0875. The molecule has 0 bridgehead atoms. The Bertz CT molecular complexity index is 265. The zero-order valence-electron chi connectivity index (χ0n) is 10.5. The van der Waals surface area contributed by atoms with Crippen molar-refractivity contribution in [3.8, 4) is 0 Å². The van der Waals surface area contributed by atoms with Crippen LogP contribution in [-0.2, 0) is 4.79 Å². The lowest BCUT2D eigenvalue weighted by atomic mass is 9.78. The van der Waals surface area contributed by atoms with E-state index in [1.54, 1.807) is 0 Å². The minimum absolute atomic E-state index is 0.0875. The maximum atomic E-state index is 11.9. The van der Waals surface area contributed by atoms with E-state index in [2.05, 4.69) is 24.5 Å². The number of rotatable bonds is 3. The van der Waals surface area contributed by atoms with E-state index in [9.17, 15) is 4.79 Å². The van der Waals surface area contributed by atoms with Gasteiger partial charge in [0.2, 0.25) is 5.91 Å². The van der Waals surface area contributed by atoms with Gasteiger partial charge in [0.15, 0.2) is 0 Å². The van der Waals surface area contributed by atoms with Crippen molar-refractivity contribution in [2.45, 2.75) is 64.0 Å². The van der Waals surface area contributed by atoms with E-state index in [1.807, 2.05) is 0 Å². The second kappa shape index (κ2) is 4.74. The predicted octanol–water partition coefficient (Wildman–Crippen LogP) is 1.82. The van der Waals surface area contributed by atoms with Gasteiger partial charge in [-0.1, -0.05) is 26.7 Å². The van der Waals surface area contributed by atoms with Gasteiger partial charge < -0.3 is 10.6 Å². The van der Waals surface area contributed by atoms with Gasteiger partial charge in [0.25, 0.3) is 0 Å². The molecule has 3 nitrogen and oxygen atoms in total. The van der Waals surface area contributed by atoms with Crippen LogP contribution in [0, 0.1) is 5.92 Å². The Kier molecular flexibility index (Phi) is 3.53. The van der Waals surface area contributed by atoms with E-state index in [0.717, 1.165) is 19.4 Å². The van der Waals surface area contributed by atoms with Gasteiger partial charge in [0, 0.05) is 12.5 Å². The van der Waals surface area contributed by atoms with Crippen molar-refractivity contribution < 1.29 is 4.79 Å². The topological polar surface area (TPSA) is 41.1 Å². The molecule has 1 saturated heterocycles. The van der Waals surface area contributed by atoms with Crippen molar-refractivity contribution in [3.05, 3.63) is 0 Å². The summed E-state index contributed by atoms with van der Waals surface area (Å²) < 4.78 is 0. The summed E-state index contributed by atoms with van der Waals surface area (Å²) in [5.74, 6) is 0.693. The molecular formula is C13H24N2O. The number of carbonyl (C=O) groups is 1. The molecule has 1 aliphatic carbocycles. The van der Waals surface area contributed by atoms with Crippen molar-refractivity contribution >= 4 is 5.91 Å². The first-order valence-corrected chi connectivity index (χ1v) is 6.67. The molecule has 1 amide bonds. The maximum Gasteiger partial charge on any atom is 0.220 e. The van der Waals surface area contributed by atoms with Gasteiger partial charge in [-0.05, 0) is 31.7 Å². The van der Waals surface area contributed by atoms with E-state index in [4.69, 9.17) is 0 Å². The molecule has 2 rings (SSSR count). The van der Waals surface area contributed by atoms with Crippen LogP contribution in [0.25, 0.3) is 0 Å². The summed E-state index contributed by atoms with van der Waals surface area (Å²) in [6.07, 6.45) is 6.73. The fraction of sp³-hybridized carbons (Fsp3) is 0.923. The molecule has 2 atom stereocenters. The average molecular weight is 224 g/mol. The summed E-state index contributed by atoms with van der Waals surface area (Å²) in [4.78, 5) is 11.9. The second-order valence-electron chi connectivity index (χ2n) is 5.80. The fourth-order valence-corrected chi connectivity index (χ4v) is 3.22. The molecule has 0 aromatic carbocycles. The zero-order chi connectivity index (χ0) is 11.6. The van der Waals surface area contributed by atoms with Crippen molar-refractivity contribution in [3.63, 3.8) is 0 Å². The molecule has 1 heterocycles. The molecule has 0 radical (unpaired) electrons. The van der Waals surface area contributed by atoms with Crippen LogP contribution in [0.15, 0.2) is 0 Å². The summed E-state index contributed by atoms with van der Waals surface area (Å²) in [7, 11) is 0. The van der Waals surface area contributed by atoms with Gasteiger partial charge in [-0.2, -0.15) is 0 Å². The summed E-state index contributed by atoms with van der Waals surface area (Å²) >= 11 is 0. The third kappa shape index (κ3) is 2.40. The molecule has 92 valence electrons. The predicted molar refractivity (Wildman–Crippen MR) is 65.2 cm³/mol. The van der Waals surface area contributed by atoms with E-state index in [0.29, 0.717) is 18.4 Å².